The summed E-state index contributed by atoms with van der Waals surface area (Å²) in [6.07, 6.45) is 0.848. The Kier molecular flexibility index (Phi) is 7.12. The molecule has 0 saturated carbocycles. The molecule has 0 saturated heterocycles. The van der Waals surface area contributed by atoms with Gasteiger partial charge >= 0.3 is 5.97 Å². The molecule has 0 amide bonds. The number of carbonyl (C=O) groups excluding carboxylic acids is 1. The van der Waals surface area contributed by atoms with Crippen molar-refractivity contribution in [3.8, 4) is 5.75 Å². The highest BCUT2D eigenvalue weighted by Crippen LogP contribution is 2.39. The van der Waals surface area contributed by atoms with E-state index in [9.17, 15) is 9.90 Å². The van der Waals surface area contributed by atoms with Crippen molar-refractivity contribution in [3.63, 3.8) is 0 Å². The summed E-state index contributed by atoms with van der Waals surface area (Å²) in [6, 6.07) is 3.99. The minimum absolute atomic E-state index is 0.178. The number of hydrogen-bond acceptors (Lipinski definition) is 5. The smallest absolute Gasteiger partial charge is 0.307 e. The van der Waals surface area contributed by atoms with Crippen LogP contribution in [0.2, 0.25) is 0 Å². The normalized spacial score (nSPS) is 13.7. The van der Waals surface area contributed by atoms with Crippen LogP contribution in [0.5, 0.6) is 5.75 Å². The molecule has 1 aromatic rings. The summed E-state index contributed by atoms with van der Waals surface area (Å²) >= 11 is 8.17. The minimum atomic E-state index is -0.476. The van der Waals surface area contributed by atoms with Crippen LogP contribution in [0.4, 0.5) is 0 Å². The molecule has 3 nitrogen and oxygen atoms in total. The highest BCUT2D eigenvalue weighted by atomic mass is 32.1. The van der Waals surface area contributed by atoms with Crippen LogP contribution < -0.4 is 0 Å². The zero-order chi connectivity index (χ0) is 18.7. The molecular formula is C19H30O3S2. The third kappa shape index (κ3) is 5.92. The lowest BCUT2D eigenvalue weighted by Gasteiger charge is -2.28. The van der Waals surface area contributed by atoms with E-state index < -0.39 is 5.44 Å². The molecule has 0 aromatic heterocycles. The van der Waals surface area contributed by atoms with Gasteiger partial charge in [-0.15, -0.1) is 12.6 Å². The number of phenols is 1. The van der Waals surface area contributed by atoms with Gasteiger partial charge in [0.15, 0.2) is 5.44 Å². The summed E-state index contributed by atoms with van der Waals surface area (Å²) in [5.74, 6) is 0.453. The van der Waals surface area contributed by atoms with E-state index in [-0.39, 0.29) is 23.2 Å². The predicted molar refractivity (Wildman–Crippen MR) is 107 cm³/mol. The second-order valence-electron chi connectivity index (χ2n) is 8.17. The molecule has 1 aromatic carbocycles. The van der Waals surface area contributed by atoms with Gasteiger partial charge < -0.3 is 9.84 Å². The fraction of sp³-hybridized carbons (Fsp3) is 0.632. The van der Waals surface area contributed by atoms with Crippen LogP contribution in [-0.2, 0) is 26.8 Å². The zero-order valence-corrected chi connectivity index (χ0v) is 17.3. The van der Waals surface area contributed by atoms with Crippen LogP contribution in [-0.4, -0.2) is 22.3 Å². The van der Waals surface area contributed by atoms with Gasteiger partial charge in [0.05, 0.1) is 0 Å². The first-order valence-corrected chi connectivity index (χ1v) is 9.36. The lowest BCUT2D eigenvalue weighted by atomic mass is 9.78. The summed E-state index contributed by atoms with van der Waals surface area (Å²) in [6.45, 7) is 12.4. The van der Waals surface area contributed by atoms with Crippen molar-refractivity contribution in [1.82, 2.24) is 0 Å². The third-order valence-corrected chi connectivity index (χ3v) is 4.73. The van der Waals surface area contributed by atoms with E-state index in [0.717, 1.165) is 16.7 Å². The number of aromatic hydroxyl groups is 1. The van der Waals surface area contributed by atoms with Gasteiger partial charge in [0.25, 0.3) is 0 Å². The fourth-order valence-corrected chi connectivity index (χ4v) is 2.67. The van der Waals surface area contributed by atoms with E-state index in [1.54, 1.807) is 0 Å². The first-order chi connectivity index (χ1) is 10.9. The standard InChI is InChI=1S/C19H30O3S2/c1-18(2,3)13-9-12(7-8-15(20)22-16(24)11-23)10-14(17(13)21)19(4,5)6/h9-10,16,21,23-24H,7-8,11H2,1-6H3. The van der Waals surface area contributed by atoms with Gasteiger partial charge in [-0.1, -0.05) is 53.7 Å². The summed E-state index contributed by atoms with van der Waals surface area (Å²) in [5, 5.41) is 10.7. The maximum absolute atomic E-state index is 11.9. The highest BCUT2D eigenvalue weighted by Gasteiger charge is 2.26. The zero-order valence-electron chi connectivity index (χ0n) is 15.5. The predicted octanol–water partition coefficient (Wildman–Crippen LogP) is 4.65. The monoisotopic (exact) mass is 370 g/mol. The Hall–Kier alpha value is -0.810. The number of carbonyl (C=O) groups is 1. The first kappa shape index (κ1) is 21.2. The second kappa shape index (κ2) is 8.05. The number of hydrogen-bond donors (Lipinski definition) is 3. The van der Waals surface area contributed by atoms with Crippen LogP contribution in [0.1, 0.15) is 64.7 Å². The quantitative estimate of drug-likeness (QED) is 0.402. The molecule has 0 aliphatic rings. The lowest BCUT2D eigenvalue weighted by molar-refractivity contribution is -0.144. The number of ether oxygens (including phenoxy) is 1. The van der Waals surface area contributed by atoms with Gasteiger partial charge in [-0.3, -0.25) is 4.79 Å². The molecular weight excluding hydrogens is 340 g/mol. The highest BCUT2D eigenvalue weighted by molar-refractivity contribution is 7.84. The molecule has 1 rings (SSSR count). The maximum Gasteiger partial charge on any atom is 0.307 e. The van der Waals surface area contributed by atoms with Crippen molar-refractivity contribution in [2.75, 3.05) is 5.75 Å². The minimum Gasteiger partial charge on any atom is -0.507 e. The number of aryl methyl sites for hydroxylation is 1. The van der Waals surface area contributed by atoms with Crippen molar-refractivity contribution in [2.45, 2.75) is 70.7 Å². The van der Waals surface area contributed by atoms with Crippen LogP contribution >= 0.6 is 25.3 Å². The molecule has 136 valence electrons. The Balaban J connectivity index is 3.09. The van der Waals surface area contributed by atoms with Crippen molar-refractivity contribution >= 4 is 31.2 Å². The van der Waals surface area contributed by atoms with Gasteiger partial charge in [-0.2, -0.15) is 12.6 Å². The van der Waals surface area contributed by atoms with Crippen LogP contribution in [0.3, 0.4) is 0 Å². The van der Waals surface area contributed by atoms with E-state index >= 15 is 0 Å². The number of benzene rings is 1. The Bertz CT molecular complexity index is 548. The Morgan fingerprint density at radius 2 is 1.58 bits per heavy atom. The van der Waals surface area contributed by atoms with Crippen molar-refractivity contribution in [2.24, 2.45) is 0 Å². The van der Waals surface area contributed by atoms with Gasteiger partial charge in [0.2, 0.25) is 0 Å². The van der Waals surface area contributed by atoms with Crippen LogP contribution in [0.15, 0.2) is 12.1 Å². The maximum atomic E-state index is 11.9. The molecule has 0 radical (unpaired) electrons. The third-order valence-electron chi connectivity index (χ3n) is 3.83. The van der Waals surface area contributed by atoms with Gasteiger partial charge in [0, 0.05) is 12.2 Å². The van der Waals surface area contributed by atoms with E-state index in [1.165, 1.54) is 0 Å². The number of esters is 1. The molecule has 1 atom stereocenters. The largest absolute Gasteiger partial charge is 0.507 e. The van der Waals surface area contributed by atoms with Gasteiger partial charge in [0.1, 0.15) is 5.75 Å². The molecule has 24 heavy (non-hydrogen) atoms. The molecule has 0 fully saturated rings. The molecule has 1 N–H and O–H groups in total. The summed E-state index contributed by atoms with van der Waals surface area (Å²) in [7, 11) is 0. The first-order valence-electron chi connectivity index (χ1n) is 8.21. The van der Waals surface area contributed by atoms with Crippen LogP contribution in [0.25, 0.3) is 0 Å². The molecule has 0 aliphatic heterocycles. The molecule has 0 heterocycles. The molecule has 0 spiro atoms. The number of rotatable bonds is 5. The van der Waals surface area contributed by atoms with Crippen molar-refractivity contribution in [3.05, 3.63) is 28.8 Å². The summed E-state index contributed by atoms with van der Waals surface area (Å²) < 4.78 is 5.14. The summed E-state index contributed by atoms with van der Waals surface area (Å²) in [5.41, 5.74) is 2.00. The molecule has 1 unspecified atom stereocenters. The number of thiol groups is 2. The van der Waals surface area contributed by atoms with Crippen molar-refractivity contribution < 1.29 is 14.6 Å². The average Bonchev–Trinajstić information content (AvgIpc) is 2.43. The van der Waals surface area contributed by atoms with Crippen LogP contribution in [0, 0.1) is 0 Å². The van der Waals surface area contributed by atoms with E-state index in [0.29, 0.717) is 17.9 Å². The molecule has 0 aliphatic carbocycles. The second-order valence-corrected chi connectivity index (χ2v) is 9.11. The van der Waals surface area contributed by atoms with E-state index in [4.69, 9.17) is 4.74 Å². The average molecular weight is 371 g/mol. The Morgan fingerprint density at radius 3 is 1.96 bits per heavy atom. The lowest BCUT2D eigenvalue weighted by Crippen LogP contribution is -2.18. The topological polar surface area (TPSA) is 46.5 Å². The Labute approximate surface area is 157 Å². The SMILES string of the molecule is CC(C)(C)c1cc(CCC(=O)OC(S)CS)cc(C(C)(C)C)c1O. The fourth-order valence-electron chi connectivity index (χ4n) is 2.48. The van der Waals surface area contributed by atoms with Gasteiger partial charge in [-0.05, 0) is 33.9 Å². The van der Waals surface area contributed by atoms with Gasteiger partial charge in [-0.25, -0.2) is 0 Å². The van der Waals surface area contributed by atoms with Crippen molar-refractivity contribution in [1.29, 1.82) is 0 Å². The number of phenolic OH excluding ortho intramolecular Hbond substituents is 1. The Morgan fingerprint density at radius 1 is 1.12 bits per heavy atom. The summed E-state index contributed by atoms with van der Waals surface area (Å²) in [4.78, 5) is 11.9. The van der Waals surface area contributed by atoms with E-state index in [2.05, 4.69) is 66.8 Å². The molecule has 5 heteroatoms. The van der Waals surface area contributed by atoms with E-state index in [1.807, 2.05) is 12.1 Å². The molecule has 0 bridgehead atoms.